The molecule has 0 aliphatic carbocycles. The molecule has 118 valence electrons. The van der Waals surface area contributed by atoms with E-state index in [1.807, 2.05) is 19.9 Å². The van der Waals surface area contributed by atoms with Gasteiger partial charge in [0.15, 0.2) is 5.82 Å². The first-order valence-corrected chi connectivity index (χ1v) is 8.11. The number of nitrogens with one attached hydrogen (secondary N) is 1. The maximum atomic E-state index is 12.3. The molecule has 1 aromatic carbocycles. The molecule has 2 rings (SSSR count). The predicted octanol–water partition coefficient (Wildman–Crippen LogP) is 2.64. The number of aryl methyl sites for hydroxylation is 2. The number of thioether (sulfide) groups is 1. The topological polar surface area (TPSA) is 85.8 Å². The highest BCUT2D eigenvalue weighted by molar-refractivity contribution is 8.00. The number of aromatic nitrogens is 3. The summed E-state index contributed by atoms with van der Waals surface area (Å²) in [6.07, 6.45) is 0.687. The lowest BCUT2D eigenvalue weighted by Crippen LogP contribution is -2.24. The summed E-state index contributed by atoms with van der Waals surface area (Å²) in [5, 5.41) is 11.6. The minimum absolute atomic E-state index is 0.142. The van der Waals surface area contributed by atoms with Crippen LogP contribution in [-0.4, -0.2) is 26.0 Å². The third-order valence-corrected chi connectivity index (χ3v) is 4.45. The summed E-state index contributed by atoms with van der Waals surface area (Å²) < 4.78 is 1.42. The van der Waals surface area contributed by atoms with E-state index in [0.29, 0.717) is 28.1 Å². The molecule has 6 nitrogen and oxygen atoms in total. The van der Waals surface area contributed by atoms with Crippen molar-refractivity contribution in [2.45, 2.75) is 37.6 Å². The Morgan fingerprint density at radius 1 is 1.50 bits per heavy atom. The quantitative estimate of drug-likeness (QED) is 0.646. The molecule has 22 heavy (non-hydrogen) atoms. The maximum Gasteiger partial charge on any atom is 0.237 e. The number of rotatable bonds is 5. The van der Waals surface area contributed by atoms with Gasteiger partial charge in [0.05, 0.1) is 5.25 Å². The molecule has 1 amide bonds. The molecule has 0 aliphatic rings. The van der Waals surface area contributed by atoms with Crippen LogP contribution in [0.2, 0.25) is 5.02 Å². The van der Waals surface area contributed by atoms with E-state index in [2.05, 4.69) is 15.5 Å². The minimum atomic E-state index is -0.366. The van der Waals surface area contributed by atoms with Crippen LogP contribution < -0.4 is 11.2 Å². The van der Waals surface area contributed by atoms with Crippen molar-refractivity contribution < 1.29 is 4.79 Å². The van der Waals surface area contributed by atoms with Crippen LogP contribution in [0.4, 0.5) is 5.69 Å². The number of carbonyl (C=O) groups is 1. The number of hydrogen-bond donors (Lipinski definition) is 2. The SMILES string of the molecule is CCc1nnc(S[C@H](C)C(=O)Nc2cc(Cl)ccc2C)n1N. The Kier molecular flexibility index (Phi) is 5.31. The monoisotopic (exact) mass is 339 g/mol. The summed E-state index contributed by atoms with van der Waals surface area (Å²) in [5.41, 5.74) is 1.65. The Morgan fingerprint density at radius 3 is 2.86 bits per heavy atom. The zero-order valence-electron chi connectivity index (χ0n) is 12.6. The first-order chi connectivity index (χ1) is 10.4. The van der Waals surface area contributed by atoms with Crippen LogP contribution >= 0.6 is 23.4 Å². The van der Waals surface area contributed by atoms with Gasteiger partial charge >= 0.3 is 0 Å². The lowest BCUT2D eigenvalue weighted by Gasteiger charge is -2.13. The zero-order valence-corrected chi connectivity index (χ0v) is 14.2. The molecule has 3 N–H and O–H groups in total. The maximum absolute atomic E-state index is 12.3. The molecule has 0 saturated carbocycles. The smallest absolute Gasteiger partial charge is 0.237 e. The van der Waals surface area contributed by atoms with E-state index in [4.69, 9.17) is 17.4 Å². The van der Waals surface area contributed by atoms with E-state index in [9.17, 15) is 4.79 Å². The summed E-state index contributed by atoms with van der Waals surface area (Å²) in [6, 6.07) is 5.38. The van der Waals surface area contributed by atoms with Gasteiger partial charge in [0.25, 0.3) is 0 Å². The van der Waals surface area contributed by atoms with Crippen LogP contribution in [0.3, 0.4) is 0 Å². The van der Waals surface area contributed by atoms with Crippen molar-refractivity contribution in [3.63, 3.8) is 0 Å². The van der Waals surface area contributed by atoms with E-state index in [-0.39, 0.29) is 11.2 Å². The van der Waals surface area contributed by atoms with Gasteiger partial charge in [-0.2, -0.15) is 0 Å². The number of nitrogens with zero attached hydrogens (tertiary/aromatic N) is 3. The molecule has 0 aliphatic heterocycles. The van der Waals surface area contributed by atoms with Crippen molar-refractivity contribution >= 4 is 35.0 Å². The van der Waals surface area contributed by atoms with Gasteiger partial charge in [0, 0.05) is 17.1 Å². The average Bonchev–Trinajstić information content (AvgIpc) is 2.83. The molecule has 1 heterocycles. The molecular formula is C14H18ClN5OS. The van der Waals surface area contributed by atoms with Crippen molar-refractivity contribution in [3.05, 3.63) is 34.6 Å². The van der Waals surface area contributed by atoms with E-state index in [1.165, 1.54) is 16.4 Å². The van der Waals surface area contributed by atoms with E-state index >= 15 is 0 Å². The molecule has 1 aromatic heterocycles. The number of amides is 1. The summed E-state index contributed by atoms with van der Waals surface area (Å²) in [5.74, 6) is 6.42. The Labute approximate surface area is 138 Å². The second kappa shape index (κ2) is 7.02. The number of carbonyl (C=O) groups excluding carboxylic acids is 1. The number of nitrogens with two attached hydrogens (primary N) is 1. The van der Waals surface area contributed by atoms with Crippen LogP contribution in [0.15, 0.2) is 23.4 Å². The molecule has 0 fully saturated rings. The van der Waals surface area contributed by atoms with Crippen LogP contribution in [0.5, 0.6) is 0 Å². The van der Waals surface area contributed by atoms with Crippen LogP contribution in [-0.2, 0) is 11.2 Å². The second-order valence-electron chi connectivity index (χ2n) is 4.83. The Hall–Kier alpha value is -1.73. The number of benzene rings is 1. The van der Waals surface area contributed by atoms with E-state index in [0.717, 1.165) is 5.56 Å². The van der Waals surface area contributed by atoms with Crippen molar-refractivity contribution in [3.8, 4) is 0 Å². The Bertz CT molecular complexity index is 688. The third kappa shape index (κ3) is 3.72. The first-order valence-electron chi connectivity index (χ1n) is 6.85. The van der Waals surface area contributed by atoms with Gasteiger partial charge in [0.2, 0.25) is 11.1 Å². The first kappa shape index (κ1) is 16.6. The fourth-order valence-corrected chi connectivity index (χ4v) is 2.76. The number of hydrogen-bond acceptors (Lipinski definition) is 5. The van der Waals surface area contributed by atoms with E-state index < -0.39 is 0 Å². The largest absolute Gasteiger partial charge is 0.336 e. The summed E-state index contributed by atoms with van der Waals surface area (Å²) >= 11 is 7.22. The van der Waals surface area contributed by atoms with Crippen molar-refractivity contribution in [2.75, 3.05) is 11.2 Å². The molecule has 0 unspecified atom stereocenters. The Balaban J connectivity index is 2.06. The number of anilines is 1. The van der Waals surface area contributed by atoms with Gasteiger partial charge in [-0.15, -0.1) is 10.2 Å². The third-order valence-electron chi connectivity index (χ3n) is 3.16. The van der Waals surface area contributed by atoms with Crippen LogP contribution in [0.1, 0.15) is 25.2 Å². The van der Waals surface area contributed by atoms with Gasteiger partial charge in [-0.3, -0.25) is 4.79 Å². The highest BCUT2D eigenvalue weighted by atomic mass is 35.5. The van der Waals surface area contributed by atoms with Gasteiger partial charge < -0.3 is 11.2 Å². The molecule has 0 bridgehead atoms. The summed E-state index contributed by atoms with van der Waals surface area (Å²) in [7, 11) is 0. The molecule has 0 radical (unpaired) electrons. The molecule has 0 saturated heterocycles. The van der Waals surface area contributed by atoms with Gasteiger partial charge in [-0.1, -0.05) is 36.4 Å². The van der Waals surface area contributed by atoms with Crippen molar-refractivity contribution in [1.82, 2.24) is 14.9 Å². The predicted molar refractivity (Wildman–Crippen MR) is 89.7 cm³/mol. The van der Waals surface area contributed by atoms with E-state index in [1.54, 1.807) is 19.1 Å². The van der Waals surface area contributed by atoms with Crippen molar-refractivity contribution in [2.24, 2.45) is 0 Å². The number of halogens is 1. The summed E-state index contributed by atoms with van der Waals surface area (Å²) in [4.78, 5) is 12.3. The molecule has 2 aromatic rings. The molecule has 1 atom stereocenters. The van der Waals surface area contributed by atoms with Crippen LogP contribution in [0, 0.1) is 6.92 Å². The minimum Gasteiger partial charge on any atom is -0.336 e. The normalized spacial score (nSPS) is 12.2. The van der Waals surface area contributed by atoms with Gasteiger partial charge in [-0.25, -0.2) is 4.68 Å². The van der Waals surface area contributed by atoms with Crippen molar-refractivity contribution in [1.29, 1.82) is 0 Å². The molecular weight excluding hydrogens is 322 g/mol. The zero-order chi connectivity index (χ0) is 16.3. The summed E-state index contributed by atoms with van der Waals surface area (Å²) in [6.45, 7) is 5.65. The second-order valence-corrected chi connectivity index (χ2v) is 6.58. The molecule has 8 heteroatoms. The molecule has 0 spiro atoms. The van der Waals surface area contributed by atoms with Gasteiger partial charge in [-0.05, 0) is 31.5 Å². The Morgan fingerprint density at radius 2 is 2.23 bits per heavy atom. The van der Waals surface area contributed by atoms with Crippen LogP contribution in [0.25, 0.3) is 0 Å². The lowest BCUT2D eigenvalue weighted by atomic mass is 10.2. The van der Waals surface area contributed by atoms with Gasteiger partial charge in [0.1, 0.15) is 0 Å². The fraction of sp³-hybridized carbons (Fsp3) is 0.357. The highest BCUT2D eigenvalue weighted by Gasteiger charge is 2.19. The average molecular weight is 340 g/mol. The highest BCUT2D eigenvalue weighted by Crippen LogP contribution is 2.24. The fourth-order valence-electron chi connectivity index (χ4n) is 1.80. The lowest BCUT2D eigenvalue weighted by molar-refractivity contribution is -0.115. The number of nitrogen functional groups attached to an aromatic ring is 1. The standard InChI is InChI=1S/C14H18ClN5OS/c1-4-12-18-19-14(20(12)16)22-9(3)13(21)17-11-7-10(15)6-5-8(11)2/h5-7,9H,4,16H2,1-3H3,(H,17,21)/t9-/m1/s1.